The quantitative estimate of drug-likeness (QED) is 0.909. The normalized spacial score (nSPS) is 11.2. The van der Waals surface area contributed by atoms with Crippen molar-refractivity contribution in [1.29, 1.82) is 0 Å². The third kappa shape index (κ3) is 3.81. The van der Waals surface area contributed by atoms with E-state index in [4.69, 9.17) is 16.7 Å². The van der Waals surface area contributed by atoms with Gasteiger partial charge in [-0.3, -0.25) is 4.79 Å². The number of hydrogen-bond acceptors (Lipinski definition) is 3. The Morgan fingerprint density at radius 2 is 1.76 bits per heavy atom. The first-order valence-corrected chi connectivity index (χ1v) is 7.90. The van der Waals surface area contributed by atoms with Crippen LogP contribution in [0.3, 0.4) is 0 Å². The largest absolute Gasteiger partial charge is 0.326 e. The molecule has 0 aliphatic rings. The number of benzene rings is 2. The number of carbonyl (C=O) groups is 1. The van der Waals surface area contributed by atoms with Gasteiger partial charge >= 0.3 is 0 Å². The smallest absolute Gasteiger partial charge is 0.238 e. The van der Waals surface area contributed by atoms with Crippen molar-refractivity contribution in [3.63, 3.8) is 0 Å². The zero-order chi connectivity index (χ0) is 15.6. The molecule has 0 spiro atoms. The maximum absolute atomic E-state index is 11.8. The monoisotopic (exact) mass is 324 g/mol. The van der Waals surface area contributed by atoms with Gasteiger partial charge in [0.25, 0.3) is 0 Å². The first kappa shape index (κ1) is 15.5. The lowest BCUT2D eigenvalue weighted by atomic mass is 10.1. The fraction of sp³-hybridized carbons (Fsp3) is 0.0714. The van der Waals surface area contributed by atoms with Crippen molar-refractivity contribution < 1.29 is 13.2 Å². The van der Waals surface area contributed by atoms with Gasteiger partial charge in [0, 0.05) is 23.2 Å². The average molecular weight is 325 g/mol. The van der Waals surface area contributed by atoms with Gasteiger partial charge in [0.15, 0.2) is 0 Å². The van der Waals surface area contributed by atoms with Crippen LogP contribution in [0, 0.1) is 0 Å². The summed E-state index contributed by atoms with van der Waals surface area (Å²) in [6, 6.07) is 11.3. The average Bonchev–Trinajstić information content (AvgIpc) is 2.38. The van der Waals surface area contributed by atoms with E-state index in [1.54, 1.807) is 36.4 Å². The minimum atomic E-state index is -3.93. The lowest BCUT2D eigenvalue weighted by Crippen LogP contribution is -2.14. The van der Waals surface area contributed by atoms with Gasteiger partial charge in [0.05, 0.1) is 4.90 Å². The second-order valence-corrected chi connectivity index (χ2v) is 6.41. The number of halogens is 1. The molecule has 2 aromatic carbocycles. The van der Waals surface area contributed by atoms with E-state index in [2.05, 4.69) is 5.32 Å². The number of primary sulfonamides is 1. The van der Waals surface area contributed by atoms with Crippen molar-refractivity contribution in [2.75, 3.05) is 5.32 Å². The molecule has 21 heavy (non-hydrogen) atoms. The van der Waals surface area contributed by atoms with E-state index in [0.717, 1.165) is 0 Å². The van der Waals surface area contributed by atoms with E-state index < -0.39 is 10.0 Å². The molecule has 2 aromatic rings. The molecule has 0 fully saturated rings. The molecule has 1 amide bonds. The maximum atomic E-state index is 11.8. The number of nitrogens with two attached hydrogens (primary N) is 1. The summed E-state index contributed by atoms with van der Waals surface area (Å²) >= 11 is 5.82. The van der Waals surface area contributed by atoms with E-state index >= 15 is 0 Å². The summed E-state index contributed by atoms with van der Waals surface area (Å²) in [4.78, 5) is 11.0. The number of nitrogens with one attached hydrogen (secondary N) is 1. The van der Waals surface area contributed by atoms with E-state index in [1.807, 2.05) is 0 Å². The highest BCUT2D eigenvalue weighted by molar-refractivity contribution is 7.89. The summed E-state index contributed by atoms with van der Waals surface area (Å²) in [5.74, 6) is -0.297. The lowest BCUT2D eigenvalue weighted by Gasteiger charge is -2.11. The molecule has 0 heterocycles. The predicted molar refractivity (Wildman–Crippen MR) is 82.6 cm³/mol. The second-order valence-electron chi connectivity index (χ2n) is 4.44. The number of carbonyl (C=O) groups excluding carboxylic acids is 1. The van der Waals surface area contributed by atoms with Gasteiger partial charge in [-0.05, 0) is 29.8 Å². The van der Waals surface area contributed by atoms with Gasteiger partial charge in [-0.1, -0.05) is 29.8 Å². The molecule has 0 radical (unpaired) electrons. The molecule has 2 rings (SSSR count). The highest BCUT2D eigenvalue weighted by Gasteiger charge is 2.16. The fourth-order valence-corrected chi connectivity index (χ4v) is 2.82. The van der Waals surface area contributed by atoms with E-state index in [9.17, 15) is 13.2 Å². The molecule has 5 nitrogen and oxygen atoms in total. The molecule has 0 aromatic heterocycles. The summed E-state index contributed by atoms with van der Waals surface area (Å²) in [6.45, 7) is 1.34. The second kappa shape index (κ2) is 5.85. The van der Waals surface area contributed by atoms with Gasteiger partial charge < -0.3 is 5.32 Å². The molecule has 0 atom stereocenters. The van der Waals surface area contributed by atoms with Crippen LogP contribution in [-0.2, 0) is 14.8 Å². The fourth-order valence-electron chi connectivity index (χ4n) is 1.91. The summed E-state index contributed by atoms with van der Waals surface area (Å²) < 4.78 is 23.5. The predicted octanol–water partition coefficient (Wildman–Crippen LogP) is 2.61. The van der Waals surface area contributed by atoms with Crippen LogP contribution < -0.4 is 10.5 Å². The Morgan fingerprint density at radius 1 is 1.14 bits per heavy atom. The molecule has 0 aliphatic carbocycles. The molecule has 0 unspecified atom stereocenters. The third-order valence-corrected chi connectivity index (χ3v) is 3.97. The van der Waals surface area contributed by atoms with Crippen LogP contribution in [0.25, 0.3) is 11.1 Å². The number of rotatable bonds is 3. The van der Waals surface area contributed by atoms with Crippen molar-refractivity contribution in [2.24, 2.45) is 5.14 Å². The van der Waals surface area contributed by atoms with Crippen molar-refractivity contribution in [2.45, 2.75) is 11.8 Å². The van der Waals surface area contributed by atoms with E-state index in [0.29, 0.717) is 21.8 Å². The molecule has 0 bridgehead atoms. The Kier molecular flexibility index (Phi) is 4.32. The van der Waals surface area contributed by atoms with Gasteiger partial charge in [-0.25, -0.2) is 13.6 Å². The molecule has 110 valence electrons. The van der Waals surface area contributed by atoms with Crippen LogP contribution in [-0.4, -0.2) is 14.3 Å². The number of anilines is 1. The first-order chi connectivity index (χ1) is 9.77. The van der Waals surface area contributed by atoms with Gasteiger partial charge in [-0.2, -0.15) is 0 Å². The van der Waals surface area contributed by atoms with Crippen LogP contribution in [0.4, 0.5) is 5.69 Å². The summed E-state index contributed by atoms with van der Waals surface area (Å²) in [7, 11) is -3.93. The third-order valence-electron chi connectivity index (χ3n) is 2.76. The standard InChI is InChI=1S/C14H13ClN2O3S/c1-9(18)17-12-6-7-13(14(8-12)21(16,19)20)10-2-4-11(15)5-3-10/h2-8H,1H3,(H,17,18)(H2,16,19,20). The number of amides is 1. The van der Waals surface area contributed by atoms with Crippen molar-refractivity contribution in [3.05, 3.63) is 47.5 Å². The van der Waals surface area contributed by atoms with Crippen molar-refractivity contribution in [3.8, 4) is 11.1 Å². The highest BCUT2D eigenvalue weighted by atomic mass is 35.5. The van der Waals surface area contributed by atoms with Crippen molar-refractivity contribution in [1.82, 2.24) is 0 Å². The topological polar surface area (TPSA) is 89.3 Å². The van der Waals surface area contributed by atoms with Crippen LogP contribution in [0.5, 0.6) is 0 Å². The van der Waals surface area contributed by atoms with E-state index in [1.165, 1.54) is 13.0 Å². The number of hydrogen-bond donors (Lipinski definition) is 2. The van der Waals surface area contributed by atoms with Gasteiger partial charge in [0.1, 0.15) is 0 Å². The van der Waals surface area contributed by atoms with Crippen molar-refractivity contribution >= 4 is 33.2 Å². The Hall–Kier alpha value is -1.89. The highest BCUT2D eigenvalue weighted by Crippen LogP contribution is 2.30. The summed E-state index contributed by atoms with van der Waals surface area (Å²) in [5.41, 5.74) is 1.48. The molecule has 0 saturated carbocycles. The molecule has 0 aliphatic heterocycles. The summed E-state index contributed by atoms with van der Waals surface area (Å²) in [5, 5.41) is 8.33. The SMILES string of the molecule is CC(=O)Nc1ccc(-c2ccc(Cl)cc2)c(S(N)(=O)=O)c1. The van der Waals surface area contributed by atoms with Gasteiger partial charge in [0.2, 0.25) is 15.9 Å². The van der Waals surface area contributed by atoms with Crippen LogP contribution >= 0.6 is 11.6 Å². The molecule has 0 saturated heterocycles. The Labute approximate surface area is 127 Å². The van der Waals surface area contributed by atoms with E-state index in [-0.39, 0.29) is 10.8 Å². The molecule has 7 heteroatoms. The first-order valence-electron chi connectivity index (χ1n) is 5.98. The maximum Gasteiger partial charge on any atom is 0.238 e. The Bertz CT molecular complexity index is 786. The zero-order valence-corrected chi connectivity index (χ0v) is 12.7. The summed E-state index contributed by atoms with van der Waals surface area (Å²) in [6.07, 6.45) is 0. The van der Waals surface area contributed by atoms with Crippen LogP contribution in [0.15, 0.2) is 47.4 Å². The number of sulfonamides is 1. The lowest BCUT2D eigenvalue weighted by molar-refractivity contribution is -0.114. The minimum Gasteiger partial charge on any atom is -0.326 e. The Balaban J connectivity index is 2.60. The Morgan fingerprint density at radius 3 is 2.29 bits per heavy atom. The minimum absolute atomic E-state index is 0.0592. The zero-order valence-electron chi connectivity index (χ0n) is 11.1. The molecular weight excluding hydrogens is 312 g/mol. The van der Waals surface area contributed by atoms with Crippen LogP contribution in [0.1, 0.15) is 6.92 Å². The van der Waals surface area contributed by atoms with Gasteiger partial charge in [-0.15, -0.1) is 0 Å². The molecule has 3 N–H and O–H groups in total. The van der Waals surface area contributed by atoms with Crippen LogP contribution in [0.2, 0.25) is 5.02 Å². The molecular formula is C14H13ClN2O3S.